The van der Waals surface area contributed by atoms with Crippen molar-refractivity contribution in [1.82, 2.24) is 5.32 Å². The molecule has 0 aromatic heterocycles. The molecule has 0 fully saturated rings. The number of non-ortho nitro benzene ring substituents is 1. The summed E-state index contributed by atoms with van der Waals surface area (Å²) in [5.41, 5.74) is 5.92. The van der Waals surface area contributed by atoms with E-state index in [2.05, 4.69) is 5.32 Å². The normalized spacial score (nSPS) is 12.3. The van der Waals surface area contributed by atoms with E-state index in [-0.39, 0.29) is 17.6 Å². The van der Waals surface area contributed by atoms with E-state index in [0.717, 1.165) is 0 Å². The van der Waals surface area contributed by atoms with Gasteiger partial charge in [0.2, 0.25) is 5.91 Å². The molecule has 1 aromatic carbocycles. The molecule has 0 aliphatic heterocycles. The van der Waals surface area contributed by atoms with E-state index in [1.54, 1.807) is 19.1 Å². The molecule has 0 saturated carbocycles. The Balaban J connectivity index is 2.75. The lowest BCUT2D eigenvalue weighted by molar-refractivity contribution is -0.384. The zero-order valence-corrected chi connectivity index (χ0v) is 10.00. The number of nitrogens with one attached hydrogen (secondary N) is 1. The number of carbonyl (C=O) groups is 1. The number of nitrogens with two attached hydrogens (primary N) is 1. The molecule has 1 aromatic rings. The van der Waals surface area contributed by atoms with Crippen LogP contribution in [0.15, 0.2) is 36.4 Å². The summed E-state index contributed by atoms with van der Waals surface area (Å²) in [4.78, 5) is 21.6. The topological polar surface area (TPSA) is 98.3 Å². The zero-order chi connectivity index (χ0) is 13.5. The van der Waals surface area contributed by atoms with Gasteiger partial charge in [0, 0.05) is 24.8 Å². The van der Waals surface area contributed by atoms with Crippen LogP contribution in [-0.4, -0.2) is 17.4 Å². The summed E-state index contributed by atoms with van der Waals surface area (Å²) in [5.74, 6) is -0.278. The number of carbonyl (C=O) groups excluding carboxylic acids is 1. The second-order valence-corrected chi connectivity index (χ2v) is 3.72. The lowest BCUT2D eigenvalue weighted by Gasteiger charge is -2.12. The van der Waals surface area contributed by atoms with Crippen molar-refractivity contribution in [3.63, 3.8) is 0 Å². The third-order valence-electron chi connectivity index (χ3n) is 2.35. The smallest absolute Gasteiger partial charge is 0.269 e. The quantitative estimate of drug-likeness (QED) is 0.466. The second kappa shape index (κ2) is 6.51. The number of hydrogen-bond donors (Lipinski definition) is 2. The van der Waals surface area contributed by atoms with E-state index in [4.69, 9.17) is 5.73 Å². The number of nitro groups is 1. The Morgan fingerprint density at radius 3 is 2.94 bits per heavy atom. The molecular formula is C12H15N3O3. The first-order chi connectivity index (χ1) is 8.54. The Labute approximate surface area is 105 Å². The molecule has 96 valence electrons. The fraction of sp³-hybridized carbons (Fsp3) is 0.250. The molecule has 0 spiro atoms. The van der Waals surface area contributed by atoms with Gasteiger partial charge < -0.3 is 11.1 Å². The van der Waals surface area contributed by atoms with Crippen LogP contribution in [-0.2, 0) is 4.79 Å². The molecule has 0 radical (unpaired) electrons. The van der Waals surface area contributed by atoms with Crippen LogP contribution in [0.1, 0.15) is 18.5 Å². The first kappa shape index (κ1) is 13.9. The van der Waals surface area contributed by atoms with Gasteiger partial charge >= 0.3 is 0 Å². The molecule has 1 unspecified atom stereocenters. The van der Waals surface area contributed by atoms with Crippen LogP contribution in [0.4, 0.5) is 5.69 Å². The van der Waals surface area contributed by atoms with Gasteiger partial charge in [-0.2, -0.15) is 0 Å². The van der Waals surface area contributed by atoms with E-state index >= 15 is 0 Å². The number of benzene rings is 1. The van der Waals surface area contributed by atoms with Crippen molar-refractivity contribution >= 4 is 11.6 Å². The van der Waals surface area contributed by atoms with Gasteiger partial charge in [0.05, 0.1) is 11.0 Å². The van der Waals surface area contributed by atoms with Gasteiger partial charge in [0.15, 0.2) is 0 Å². The van der Waals surface area contributed by atoms with Crippen LogP contribution in [0.5, 0.6) is 0 Å². The zero-order valence-electron chi connectivity index (χ0n) is 10.00. The summed E-state index contributed by atoms with van der Waals surface area (Å²) in [5, 5.41) is 13.3. The third-order valence-corrected chi connectivity index (χ3v) is 2.35. The van der Waals surface area contributed by atoms with Crippen LogP contribution in [0.3, 0.4) is 0 Å². The lowest BCUT2D eigenvalue weighted by atomic mass is 10.1. The average Bonchev–Trinajstić information content (AvgIpc) is 2.36. The Morgan fingerprint density at radius 1 is 1.61 bits per heavy atom. The highest BCUT2D eigenvalue weighted by molar-refractivity contribution is 5.87. The Kier molecular flexibility index (Phi) is 5.01. The van der Waals surface area contributed by atoms with E-state index in [1.165, 1.54) is 24.3 Å². The number of nitro benzene ring substituents is 1. The van der Waals surface area contributed by atoms with E-state index < -0.39 is 4.92 Å². The minimum atomic E-state index is -0.466. The highest BCUT2D eigenvalue weighted by atomic mass is 16.6. The summed E-state index contributed by atoms with van der Waals surface area (Å²) in [6.45, 7) is 2.05. The van der Waals surface area contributed by atoms with Crippen molar-refractivity contribution in [3.8, 4) is 0 Å². The molecule has 1 rings (SSSR count). The average molecular weight is 249 g/mol. The summed E-state index contributed by atoms with van der Waals surface area (Å²) in [6.07, 6.45) is 2.88. The summed E-state index contributed by atoms with van der Waals surface area (Å²) >= 11 is 0. The van der Waals surface area contributed by atoms with Gasteiger partial charge in [-0.25, -0.2) is 0 Å². The molecule has 18 heavy (non-hydrogen) atoms. The molecule has 0 bridgehead atoms. The molecule has 6 heteroatoms. The van der Waals surface area contributed by atoms with Gasteiger partial charge in [-0.3, -0.25) is 14.9 Å². The predicted octanol–water partition coefficient (Wildman–Crippen LogP) is 1.29. The molecule has 1 atom stereocenters. The van der Waals surface area contributed by atoms with E-state index in [0.29, 0.717) is 12.1 Å². The highest BCUT2D eigenvalue weighted by Gasteiger charge is 2.11. The fourth-order valence-electron chi connectivity index (χ4n) is 1.43. The van der Waals surface area contributed by atoms with E-state index in [9.17, 15) is 14.9 Å². The van der Waals surface area contributed by atoms with Crippen LogP contribution < -0.4 is 11.1 Å². The molecule has 0 aliphatic rings. The van der Waals surface area contributed by atoms with Crippen LogP contribution >= 0.6 is 0 Å². The molecule has 6 nitrogen and oxygen atoms in total. The van der Waals surface area contributed by atoms with Crippen LogP contribution in [0.2, 0.25) is 0 Å². The molecule has 0 heterocycles. The lowest BCUT2D eigenvalue weighted by Crippen LogP contribution is -2.24. The van der Waals surface area contributed by atoms with Gasteiger partial charge in [-0.1, -0.05) is 18.2 Å². The van der Waals surface area contributed by atoms with Crippen molar-refractivity contribution in [3.05, 3.63) is 52.1 Å². The molecule has 1 amide bonds. The van der Waals surface area contributed by atoms with Gasteiger partial charge in [0.25, 0.3) is 5.69 Å². The molecule has 3 N–H and O–H groups in total. The van der Waals surface area contributed by atoms with Gasteiger partial charge in [-0.05, 0) is 12.5 Å². The maximum Gasteiger partial charge on any atom is 0.269 e. The van der Waals surface area contributed by atoms with E-state index in [1.807, 2.05) is 0 Å². The molecular weight excluding hydrogens is 234 g/mol. The minimum absolute atomic E-state index is 0.00565. The van der Waals surface area contributed by atoms with Crippen molar-refractivity contribution in [2.24, 2.45) is 5.73 Å². The number of hydrogen-bond acceptors (Lipinski definition) is 4. The Bertz CT molecular complexity index is 471. The summed E-state index contributed by atoms with van der Waals surface area (Å²) < 4.78 is 0. The maximum absolute atomic E-state index is 11.4. The summed E-state index contributed by atoms with van der Waals surface area (Å²) in [6, 6.07) is 5.86. The Morgan fingerprint density at radius 2 is 2.33 bits per heavy atom. The molecule has 0 aliphatic carbocycles. The first-order valence-electron chi connectivity index (χ1n) is 5.46. The number of nitrogens with zero attached hydrogens (tertiary/aromatic N) is 1. The standard InChI is InChI=1S/C12H15N3O3/c1-9(14-12(16)6-3-7-13)10-4-2-5-11(8-10)15(17)18/h2-6,8-9H,7,13H2,1H3,(H,14,16)/b6-3+. The fourth-order valence-corrected chi connectivity index (χ4v) is 1.43. The molecule has 0 saturated heterocycles. The number of rotatable bonds is 5. The van der Waals surface area contributed by atoms with Crippen molar-refractivity contribution in [1.29, 1.82) is 0 Å². The summed E-state index contributed by atoms with van der Waals surface area (Å²) in [7, 11) is 0. The van der Waals surface area contributed by atoms with Gasteiger partial charge in [0.1, 0.15) is 0 Å². The Hall–Kier alpha value is -2.21. The maximum atomic E-state index is 11.4. The van der Waals surface area contributed by atoms with Gasteiger partial charge in [-0.15, -0.1) is 0 Å². The highest BCUT2D eigenvalue weighted by Crippen LogP contribution is 2.18. The monoisotopic (exact) mass is 249 g/mol. The minimum Gasteiger partial charge on any atom is -0.346 e. The third kappa shape index (κ3) is 3.99. The second-order valence-electron chi connectivity index (χ2n) is 3.72. The van der Waals surface area contributed by atoms with Crippen molar-refractivity contribution in [2.75, 3.05) is 6.54 Å². The van der Waals surface area contributed by atoms with Crippen molar-refractivity contribution in [2.45, 2.75) is 13.0 Å². The van der Waals surface area contributed by atoms with Crippen LogP contribution in [0, 0.1) is 10.1 Å². The number of amides is 1. The first-order valence-corrected chi connectivity index (χ1v) is 5.46. The van der Waals surface area contributed by atoms with Crippen molar-refractivity contribution < 1.29 is 9.72 Å². The predicted molar refractivity (Wildman–Crippen MR) is 67.8 cm³/mol. The van der Waals surface area contributed by atoms with Crippen LogP contribution in [0.25, 0.3) is 0 Å². The largest absolute Gasteiger partial charge is 0.346 e. The SMILES string of the molecule is CC(NC(=O)/C=C/CN)c1cccc([N+](=O)[O-])c1.